The Hall–Kier alpha value is -2.88. The highest BCUT2D eigenvalue weighted by atomic mass is 35.5. The smallest absolute Gasteiger partial charge is 0.359 e. The van der Waals surface area contributed by atoms with Crippen molar-refractivity contribution in [1.29, 1.82) is 0 Å². The lowest BCUT2D eigenvalue weighted by atomic mass is 9.75. The Kier molecular flexibility index (Phi) is 6.92. The summed E-state index contributed by atoms with van der Waals surface area (Å²) in [6.45, 7) is 2.49. The molecule has 32 heavy (non-hydrogen) atoms. The summed E-state index contributed by atoms with van der Waals surface area (Å²) < 4.78 is 51.8. The number of benzene rings is 1. The van der Waals surface area contributed by atoms with Crippen molar-refractivity contribution in [3.8, 4) is 0 Å². The maximum atomic E-state index is 13.8. The number of hydrogen-bond donors (Lipinski definition) is 0. The van der Waals surface area contributed by atoms with E-state index in [9.17, 15) is 27.6 Å². The molecule has 0 bridgehead atoms. The molecule has 0 unspecified atom stereocenters. The minimum Gasteiger partial charge on any atom is -0.461 e. The van der Waals surface area contributed by atoms with Crippen LogP contribution in [0.15, 0.2) is 18.2 Å². The Morgan fingerprint density at radius 3 is 2.34 bits per heavy atom. The number of nitrogens with zero attached hydrogens (tertiary/aromatic N) is 2. The number of Topliss-reactive ketones (excluding diaryl/α,β-unsaturated/α-hetero) is 1. The van der Waals surface area contributed by atoms with Crippen LogP contribution in [0.25, 0.3) is 0 Å². The number of aromatic nitrogens is 2. The number of carbonyl (C=O) groups is 3. The molecule has 1 aliphatic rings. The standard InChI is InChI=1S/C21H20ClF3N2O5/c1-3-31-19(29)17-16(12-8-21(24,25)9-12)18(20(30)32-4-2)27(26-17)10-15(28)11-5-6-13(22)14(23)7-11/h5-7,12H,3-4,8-10H2,1-2H3. The molecular weight excluding hydrogens is 453 g/mol. The highest BCUT2D eigenvalue weighted by Crippen LogP contribution is 2.50. The van der Waals surface area contributed by atoms with Crippen LogP contribution in [0.5, 0.6) is 0 Å². The van der Waals surface area contributed by atoms with E-state index in [1.54, 1.807) is 13.8 Å². The maximum Gasteiger partial charge on any atom is 0.359 e. The zero-order valence-corrected chi connectivity index (χ0v) is 18.0. The Morgan fingerprint density at radius 2 is 1.78 bits per heavy atom. The zero-order valence-electron chi connectivity index (χ0n) is 17.3. The van der Waals surface area contributed by atoms with Crippen molar-refractivity contribution in [3.63, 3.8) is 0 Å². The first kappa shape index (κ1) is 23.8. The molecule has 1 heterocycles. The summed E-state index contributed by atoms with van der Waals surface area (Å²) in [4.78, 5) is 37.9. The predicted octanol–water partition coefficient (Wildman–Crippen LogP) is 4.42. The van der Waals surface area contributed by atoms with E-state index in [1.807, 2.05) is 0 Å². The quantitative estimate of drug-likeness (QED) is 0.417. The highest BCUT2D eigenvalue weighted by Gasteiger charge is 2.50. The summed E-state index contributed by atoms with van der Waals surface area (Å²) >= 11 is 5.64. The number of esters is 2. The van der Waals surface area contributed by atoms with Gasteiger partial charge in [-0.05, 0) is 32.0 Å². The minimum atomic E-state index is -2.94. The van der Waals surface area contributed by atoms with Crippen LogP contribution in [0.3, 0.4) is 0 Å². The summed E-state index contributed by atoms with van der Waals surface area (Å²) in [5, 5.41) is 3.87. The molecule has 0 spiro atoms. The fourth-order valence-corrected chi connectivity index (χ4v) is 3.62. The number of hydrogen-bond acceptors (Lipinski definition) is 6. The first-order valence-corrected chi connectivity index (χ1v) is 10.3. The van der Waals surface area contributed by atoms with Crippen molar-refractivity contribution in [2.75, 3.05) is 13.2 Å². The minimum absolute atomic E-state index is 0.0102. The molecule has 0 saturated heterocycles. The lowest BCUT2D eigenvalue weighted by molar-refractivity contribution is -0.0871. The van der Waals surface area contributed by atoms with E-state index in [-0.39, 0.29) is 40.8 Å². The molecule has 0 radical (unpaired) electrons. The van der Waals surface area contributed by atoms with Crippen molar-refractivity contribution in [3.05, 3.63) is 51.6 Å². The molecule has 1 saturated carbocycles. The number of carbonyl (C=O) groups excluding carboxylic acids is 3. The van der Waals surface area contributed by atoms with Crippen molar-refractivity contribution in [1.82, 2.24) is 9.78 Å². The van der Waals surface area contributed by atoms with E-state index >= 15 is 0 Å². The van der Waals surface area contributed by atoms with Crippen LogP contribution in [-0.2, 0) is 16.0 Å². The topological polar surface area (TPSA) is 87.5 Å². The van der Waals surface area contributed by atoms with Gasteiger partial charge < -0.3 is 9.47 Å². The van der Waals surface area contributed by atoms with Gasteiger partial charge in [-0.15, -0.1) is 0 Å². The van der Waals surface area contributed by atoms with Gasteiger partial charge in [0.1, 0.15) is 12.4 Å². The second-order valence-electron chi connectivity index (χ2n) is 7.22. The molecule has 1 fully saturated rings. The summed E-state index contributed by atoms with van der Waals surface area (Å²) in [5.41, 5.74) is -0.696. The lowest BCUT2D eigenvalue weighted by Gasteiger charge is -2.35. The van der Waals surface area contributed by atoms with E-state index in [4.69, 9.17) is 21.1 Å². The molecule has 172 valence electrons. The molecule has 0 N–H and O–H groups in total. The Morgan fingerprint density at radius 1 is 1.16 bits per heavy atom. The Balaban J connectivity index is 2.07. The van der Waals surface area contributed by atoms with E-state index in [0.29, 0.717) is 0 Å². The third-order valence-corrected chi connectivity index (χ3v) is 5.27. The van der Waals surface area contributed by atoms with Crippen LogP contribution >= 0.6 is 11.6 Å². The van der Waals surface area contributed by atoms with Gasteiger partial charge in [0.25, 0.3) is 0 Å². The molecule has 0 amide bonds. The Labute approximate surface area is 186 Å². The van der Waals surface area contributed by atoms with Gasteiger partial charge in [-0.3, -0.25) is 4.79 Å². The van der Waals surface area contributed by atoms with E-state index in [1.165, 1.54) is 12.1 Å². The monoisotopic (exact) mass is 472 g/mol. The number of rotatable bonds is 8. The molecule has 7 nitrogen and oxygen atoms in total. The Bertz CT molecular complexity index is 1060. The fourth-order valence-electron chi connectivity index (χ4n) is 3.50. The highest BCUT2D eigenvalue weighted by molar-refractivity contribution is 6.30. The average Bonchev–Trinajstić information content (AvgIpc) is 3.07. The van der Waals surface area contributed by atoms with Gasteiger partial charge in [-0.25, -0.2) is 27.4 Å². The van der Waals surface area contributed by atoms with Crippen molar-refractivity contribution < 1.29 is 37.0 Å². The van der Waals surface area contributed by atoms with Gasteiger partial charge >= 0.3 is 11.9 Å². The van der Waals surface area contributed by atoms with Gasteiger partial charge in [-0.2, -0.15) is 5.10 Å². The van der Waals surface area contributed by atoms with E-state index in [2.05, 4.69) is 5.10 Å². The summed E-state index contributed by atoms with van der Waals surface area (Å²) in [5.74, 6) is -7.08. The SMILES string of the molecule is CCOC(=O)c1nn(CC(=O)c2ccc(Cl)c(F)c2)c(C(=O)OCC)c1C1CC(F)(F)C1. The molecular formula is C21H20ClF3N2O5. The molecule has 2 aromatic rings. The van der Waals surface area contributed by atoms with Crippen LogP contribution in [0.2, 0.25) is 5.02 Å². The summed E-state index contributed by atoms with van der Waals surface area (Å²) in [6.07, 6.45) is -1.18. The van der Waals surface area contributed by atoms with Crippen LogP contribution in [0.1, 0.15) is 69.5 Å². The molecule has 0 aliphatic heterocycles. The van der Waals surface area contributed by atoms with Crippen molar-refractivity contribution in [2.24, 2.45) is 0 Å². The predicted molar refractivity (Wildman–Crippen MR) is 107 cm³/mol. The second-order valence-corrected chi connectivity index (χ2v) is 7.63. The lowest BCUT2D eigenvalue weighted by Crippen LogP contribution is -2.35. The molecule has 1 aromatic heterocycles. The maximum absolute atomic E-state index is 13.8. The summed E-state index contributed by atoms with van der Waals surface area (Å²) in [6, 6.07) is 3.42. The molecule has 0 atom stereocenters. The molecule has 11 heteroatoms. The molecule has 1 aliphatic carbocycles. The van der Waals surface area contributed by atoms with Gasteiger partial charge in [-0.1, -0.05) is 11.6 Å². The van der Waals surface area contributed by atoms with Crippen LogP contribution in [-0.4, -0.2) is 46.6 Å². The average molecular weight is 473 g/mol. The van der Waals surface area contributed by atoms with Crippen LogP contribution in [0.4, 0.5) is 13.2 Å². The third-order valence-electron chi connectivity index (χ3n) is 4.96. The number of alkyl halides is 2. The molecule has 3 rings (SSSR count). The van der Waals surface area contributed by atoms with Gasteiger partial charge in [0.2, 0.25) is 5.92 Å². The van der Waals surface area contributed by atoms with E-state index < -0.39 is 54.8 Å². The van der Waals surface area contributed by atoms with Crippen molar-refractivity contribution >= 4 is 29.3 Å². The largest absolute Gasteiger partial charge is 0.461 e. The van der Waals surface area contributed by atoms with Gasteiger partial charge in [0.05, 0.1) is 18.2 Å². The van der Waals surface area contributed by atoms with Crippen molar-refractivity contribution in [2.45, 2.75) is 45.1 Å². The fraction of sp³-hybridized carbons (Fsp3) is 0.429. The third kappa shape index (κ3) is 4.79. The zero-order chi connectivity index (χ0) is 23.6. The van der Waals surface area contributed by atoms with Gasteiger partial charge in [0.15, 0.2) is 17.2 Å². The first-order valence-electron chi connectivity index (χ1n) is 9.89. The number of ketones is 1. The molecule has 1 aromatic carbocycles. The van der Waals surface area contributed by atoms with Gasteiger partial charge in [0, 0.05) is 29.9 Å². The van der Waals surface area contributed by atoms with Crippen LogP contribution < -0.4 is 0 Å². The second kappa shape index (κ2) is 9.32. The normalized spacial score (nSPS) is 15.2. The number of halogens is 4. The van der Waals surface area contributed by atoms with E-state index in [0.717, 1.165) is 10.7 Å². The van der Waals surface area contributed by atoms with Crippen LogP contribution in [0, 0.1) is 5.82 Å². The first-order chi connectivity index (χ1) is 15.1. The number of ether oxygens (including phenoxy) is 2. The summed E-state index contributed by atoms with van der Waals surface area (Å²) in [7, 11) is 0.